The number of imidazole rings is 1. The van der Waals surface area contributed by atoms with Gasteiger partial charge < -0.3 is 14.6 Å². The standard InChI is InChI=1S/C20H33N5O5Si/c1-11(2)16(27)23-18-22-15-14(17(28)24-18)21-10-25(15)20(31(6)7)8-12(26)13(30-20)9-29-19(3,4)5/h10-13,26,31H,8-9H2,1-7H3,(H2,22,23,24,27,28)/t12-,13+,20-/m0/s1. The van der Waals surface area contributed by atoms with Gasteiger partial charge >= 0.3 is 0 Å². The molecule has 1 aliphatic rings. The zero-order valence-corrected chi connectivity index (χ0v) is 20.4. The summed E-state index contributed by atoms with van der Waals surface area (Å²) >= 11 is 0. The zero-order chi connectivity index (χ0) is 23.1. The number of carbonyl (C=O) groups is 1. The van der Waals surface area contributed by atoms with Gasteiger partial charge in [0.15, 0.2) is 11.2 Å². The van der Waals surface area contributed by atoms with Crippen molar-refractivity contribution in [3.63, 3.8) is 0 Å². The Morgan fingerprint density at radius 1 is 1.48 bits per heavy atom. The number of nitrogens with zero attached hydrogens (tertiary/aromatic N) is 3. The first-order valence-corrected chi connectivity index (χ1v) is 13.5. The van der Waals surface area contributed by atoms with Crippen LogP contribution in [0.5, 0.6) is 0 Å². The van der Waals surface area contributed by atoms with Crippen molar-refractivity contribution in [2.24, 2.45) is 5.92 Å². The minimum Gasteiger partial charge on any atom is -0.390 e. The van der Waals surface area contributed by atoms with E-state index >= 15 is 0 Å². The predicted octanol–water partition coefficient (Wildman–Crippen LogP) is 1.36. The molecular weight excluding hydrogens is 418 g/mol. The number of amides is 1. The van der Waals surface area contributed by atoms with Gasteiger partial charge in [0.1, 0.15) is 11.5 Å². The second-order valence-corrected chi connectivity index (χ2v) is 12.9. The molecule has 1 aliphatic heterocycles. The molecule has 0 aliphatic carbocycles. The third kappa shape index (κ3) is 4.74. The minimum atomic E-state index is -1.63. The van der Waals surface area contributed by atoms with Gasteiger partial charge in [-0.05, 0) is 20.8 Å². The summed E-state index contributed by atoms with van der Waals surface area (Å²) in [7, 11) is -1.63. The number of hydrogen-bond acceptors (Lipinski definition) is 7. The predicted molar refractivity (Wildman–Crippen MR) is 120 cm³/mol. The van der Waals surface area contributed by atoms with Gasteiger partial charge in [-0.3, -0.25) is 24.5 Å². The molecule has 0 unspecified atom stereocenters. The van der Waals surface area contributed by atoms with Crippen molar-refractivity contribution in [1.29, 1.82) is 0 Å². The molecule has 2 aromatic rings. The first-order valence-electron chi connectivity index (χ1n) is 10.6. The third-order valence-corrected chi connectivity index (χ3v) is 7.90. The van der Waals surface area contributed by atoms with Gasteiger partial charge in [-0.1, -0.05) is 26.9 Å². The summed E-state index contributed by atoms with van der Waals surface area (Å²) in [5.41, 5.74) is -0.337. The van der Waals surface area contributed by atoms with E-state index in [1.165, 1.54) is 6.33 Å². The summed E-state index contributed by atoms with van der Waals surface area (Å²) in [6.07, 6.45) is 0.654. The summed E-state index contributed by atoms with van der Waals surface area (Å²) < 4.78 is 14.0. The molecule has 31 heavy (non-hydrogen) atoms. The Morgan fingerprint density at radius 2 is 2.16 bits per heavy atom. The maximum Gasteiger partial charge on any atom is 0.280 e. The SMILES string of the molecule is CC(C)C(=O)Nc1nc2c(ncn2[C@@]2([SiH](C)C)C[C@H](O)[C@@H](COC(C)(C)C)O2)c(=O)[nH]1. The summed E-state index contributed by atoms with van der Waals surface area (Å²) in [5.74, 6) is -0.463. The van der Waals surface area contributed by atoms with E-state index in [9.17, 15) is 14.7 Å². The number of aliphatic hydroxyl groups is 1. The highest BCUT2D eigenvalue weighted by Crippen LogP contribution is 2.39. The average Bonchev–Trinajstić information content (AvgIpc) is 3.21. The number of hydrogen-bond donors (Lipinski definition) is 3. The van der Waals surface area contributed by atoms with Crippen molar-refractivity contribution >= 4 is 31.8 Å². The van der Waals surface area contributed by atoms with E-state index in [1.54, 1.807) is 18.4 Å². The normalized spacial score (nSPS) is 24.5. The Kier molecular flexibility index (Phi) is 6.43. The molecule has 10 nitrogen and oxygen atoms in total. The Morgan fingerprint density at radius 3 is 2.74 bits per heavy atom. The number of aromatic nitrogens is 4. The van der Waals surface area contributed by atoms with Gasteiger partial charge in [0.25, 0.3) is 5.56 Å². The molecular formula is C20H33N5O5Si. The van der Waals surface area contributed by atoms with E-state index in [1.807, 2.05) is 20.8 Å². The van der Waals surface area contributed by atoms with Crippen LogP contribution in [0.3, 0.4) is 0 Å². The molecule has 1 amide bonds. The lowest BCUT2D eigenvalue weighted by Crippen LogP contribution is -2.45. The highest BCUT2D eigenvalue weighted by atomic mass is 28.3. The smallest absolute Gasteiger partial charge is 0.280 e. The molecule has 0 radical (unpaired) electrons. The molecule has 3 rings (SSSR count). The number of aliphatic hydroxyl groups excluding tert-OH is 1. The molecule has 0 bridgehead atoms. The quantitative estimate of drug-likeness (QED) is 0.565. The van der Waals surface area contributed by atoms with Crippen LogP contribution in [-0.4, -0.2) is 63.7 Å². The molecule has 11 heteroatoms. The van der Waals surface area contributed by atoms with Crippen LogP contribution in [0.25, 0.3) is 11.2 Å². The fourth-order valence-electron chi connectivity index (χ4n) is 3.61. The number of H-pyrrole nitrogens is 1. The summed E-state index contributed by atoms with van der Waals surface area (Å²) in [5, 5.41) is 12.6. The van der Waals surface area contributed by atoms with Gasteiger partial charge in [-0.25, -0.2) is 4.98 Å². The number of carbonyl (C=O) groups excluding carboxylic acids is 1. The van der Waals surface area contributed by atoms with Crippen molar-refractivity contribution in [2.45, 2.75) is 77.3 Å². The summed E-state index contributed by atoms with van der Waals surface area (Å²) in [4.78, 5) is 35.9. The lowest BCUT2D eigenvalue weighted by atomic mass is 10.1. The number of aromatic amines is 1. The summed E-state index contributed by atoms with van der Waals surface area (Å²) in [6, 6.07) is 0. The zero-order valence-electron chi connectivity index (χ0n) is 19.2. The van der Waals surface area contributed by atoms with E-state index in [0.717, 1.165) is 0 Å². The van der Waals surface area contributed by atoms with Crippen molar-refractivity contribution in [3.05, 3.63) is 16.7 Å². The second-order valence-electron chi connectivity index (χ2n) is 9.70. The molecule has 3 heterocycles. The minimum absolute atomic E-state index is 0.0599. The number of rotatable bonds is 6. The van der Waals surface area contributed by atoms with Gasteiger partial charge in [0.2, 0.25) is 11.9 Å². The van der Waals surface area contributed by atoms with Crippen LogP contribution in [0, 0.1) is 5.92 Å². The first kappa shape index (κ1) is 23.6. The van der Waals surface area contributed by atoms with Crippen molar-refractivity contribution in [2.75, 3.05) is 11.9 Å². The van der Waals surface area contributed by atoms with Gasteiger partial charge in [-0.15, -0.1) is 0 Å². The van der Waals surface area contributed by atoms with Gasteiger partial charge in [0, 0.05) is 12.3 Å². The first-order chi connectivity index (χ1) is 14.3. The Labute approximate surface area is 183 Å². The number of fused-ring (bicyclic) bond motifs is 1. The average molecular weight is 452 g/mol. The number of nitrogens with one attached hydrogen (secondary N) is 2. The van der Waals surface area contributed by atoms with Gasteiger partial charge in [0.05, 0.1) is 33.4 Å². The van der Waals surface area contributed by atoms with Gasteiger partial charge in [-0.2, -0.15) is 4.98 Å². The molecule has 3 atom stereocenters. The van der Waals surface area contributed by atoms with Crippen LogP contribution in [0.1, 0.15) is 41.0 Å². The van der Waals surface area contributed by atoms with Crippen LogP contribution in [0.4, 0.5) is 5.95 Å². The largest absolute Gasteiger partial charge is 0.390 e. The molecule has 3 N–H and O–H groups in total. The van der Waals surface area contributed by atoms with Crippen LogP contribution in [-0.2, 0) is 19.6 Å². The lowest BCUT2D eigenvalue weighted by molar-refractivity contribution is -0.118. The van der Waals surface area contributed by atoms with Crippen molar-refractivity contribution < 1.29 is 19.4 Å². The molecule has 1 fully saturated rings. The number of ether oxygens (including phenoxy) is 2. The second kappa shape index (κ2) is 8.45. The van der Waals surface area contributed by atoms with Crippen molar-refractivity contribution in [1.82, 2.24) is 19.5 Å². The number of anilines is 1. The van der Waals surface area contributed by atoms with E-state index in [4.69, 9.17) is 9.47 Å². The third-order valence-electron chi connectivity index (χ3n) is 5.45. The van der Waals surface area contributed by atoms with E-state index in [2.05, 4.69) is 33.4 Å². The van der Waals surface area contributed by atoms with Crippen LogP contribution >= 0.6 is 0 Å². The van der Waals surface area contributed by atoms with Crippen molar-refractivity contribution in [3.8, 4) is 0 Å². The van der Waals surface area contributed by atoms with E-state index < -0.39 is 31.9 Å². The molecule has 0 spiro atoms. The topological polar surface area (TPSA) is 131 Å². The Hall–Kier alpha value is -2.08. The highest BCUT2D eigenvalue weighted by Gasteiger charge is 2.50. The Balaban J connectivity index is 2.02. The van der Waals surface area contributed by atoms with Crippen LogP contribution < -0.4 is 10.9 Å². The maximum atomic E-state index is 12.6. The van der Waals surface area contributed by atoms with Crippen LogP contribution in [0.15, 0.2) is 11.1 Å². The maximum absolute atomic E-state index is 12.6. The molecule has 1 saturated heterocycles. The van der Waals surface area contributed by atoms with E-state index in [0.29, 0.717) is 12.1 Å². The monoisotopic (exact) mass is 451 g/mol. The molecule has 0 aromatic carbocycles. The molecule has 2 aromatic heterocycles. The van der Waals surface area contributed by atoms with Crippen LogP contribution in [0.2, 0.25) is 13.1 Å². The molecule has 0 saturated carbocycles. The fourth-order valence-corrected chi connectivity index (χ4v) is 5.51. The highest BCUT2D eigenvalue weighted by molar-refractivity contribution is 6.58. The Bertz CT molecular complexity index is 1010. The van der Waals surface area contributed by atoms with E-state index in [-0.39, 0.29) is 35.5 Å². The molecule has 172 valence electrons. The fraction of sp³-hybridized carbons (Fsp3) is 0.700. The summed E-state index contributed by atoms with van der Waals surface area (Å²) in [6.45, 7) is 13.8. The lowest BCUT2D eigenvalue weighted by Gasteiger charge is -2.34.